The highest BCUT2D eigenvalue weighted by Crippen LogP contribution is 2.18. The molecule has 142 valence electrons. The number of halogens is 1. The summed E-state index contributed by atoms with van der Waals surface area (Å²) in [6.45, 7) is 0.147. The molecule has 1 amide bonds. The Balaban J connectivity index is 2.01. The number of hydrogen-bond acceptors (Lipinski definition) is 6. The number of rotatable bonds is 7. The van der Waals surface area contributed by atoms with Crippen LogP contribution in [0.25, 0.3) is 0 Å². The van der Waals surface area contributed by atoms with Gasteiger partial charge in [-0.2, -0.15) is 0 Å². The third kappa shape index (κ3) is 6.00. The van der Waals surface area contributed by atoms with Gasteiger partial charge in [0.15, 0.2) is 0 Å². The number of esters is 2. The molecule has 7 nitrogen and oxygen atoms in total. The van der Waals surface area contributed by atoms with Crippen LogP contribution >= 0.6 is 11.6 Å². The quantitative estimate of drug-likeness (QED) is 0.728. The van der Waals surface area contributed by atoms with E-state index >= 15 is 0 Å². The fourth-order valence-corrected chi connectivity index (χ4v) is 2.31. The van der Waals surface area contributed by atoms with Gasteiger partial charge in [0.05, 0.1) is 38.4 Å². The van der Waals surface area contributed by atoms with Crippen molar-refractivity contribution in [3.8, 4) is 5.75 Å². The van der Waals surface area contributed by atoms with Gasteiger partial charge < -0.3 is 19.5 Å². The highest BCUT2D eigenvalue weighted by molar-refractivity contribution is 6.30. The fraction of sp³-hybridized carbons (Fsp3) is 0.211. The Morgan fingerprint density at radius 2 is 1.48 bits per heavy atom. The Hall–Kier alpha value is -3.06. The zero-order valence-electron chi connectivity index (χ0n) is 14.8. The van der Waals surface area contributed by atoms with E-state index in [2.05, 4.69) is 14.8 Å². The molecular weight excluding hydrogens is 374 g/mol. The molecule has 0 saturated heterocycles. The fourth-order valence-electron chi connectivity index (χ4n) is 2.19. The van der Waals surface area contributed by atoms with E-state index in [0.717, 1.165) is 0 Å². The maximum atomic E-state index is 12.1. The van der Waals surface area contributed by atoms with Crippen LogP contribution in [-0.4, -0.2) is 38.7 Å². The van der Waals surface area contributed by atoms with E-state index in [1.54, 1.807) is 24.3 Å². The van der Waals surface area contributed by atoms with Crippen molar-refractivity contribution in [1.29, 1.82) is 0 Å². The van der Waals surface area contributed by atoms with Crippen molar-refractivity contribution in [3.63, 3.8) is 0 Å². The predicted molar refractivity (Wildman–Crippen MR) is 99.3 cm³/mol. The number of ether oxygens (including phenoxy) is 3. The Morgan fingerprint density at radius 1 is 0.926 bits per heavy atom. The van der Waals surface area contributed by atoms with Crippen LogP contribution in [0.2, 0.25) is 5.02 Å². The molecule has 0 unspecified atom stereocenters. The molecule has 0 heterocycles. The summed E-state index contributed by atoms with van der Waals surface area (Å²) in [7, 11) is 2.44. The van der Waals surface area contributed by atoms with Gasteiger partial charge >= 0.3 is 11.9 Å². The van der Waals surface area contributed by atoms with Gasteiger partial charge in [0.1, 0.15) is 5.75 Å². The monoisotopic (exact) mass is 391 g/mol. The Morgan fingerprint density at radius 3 is 2.00 bits per heavy atom. The van der Waals surface area contributed by atoms with E-state index in [1.165, 1.54) is 32.4 Å². The van der Waals surface area contributed by atoms with Crippen molar-refractivity contribution in [2.75, 3.05) is 26.1 Å². The topological polar surface area (TPSA) is 90.9 Å². The molecule has 0 saturated carbocycles. The molecular formula is C19H18ClNO6. The molecule has 0 atom stereocenters. The Labute approximate surface area is 161 Å². The van der Waals surface area contributed by atoms with Crippen LogP contribution in [0.5, 0.6) is 5.75 Å². The van der Waals surface area contributed by atoms with Crippen molar-refractivity contribution in [2.45, 2.75) is 6.42 Å². The standard InChI is InChI=1S/C19H18ClNO6/c1-25-18(23)12-9-13(19(24)26-2)11-15(10-12)21-17(22)7-8-27-16-5-3-14(20)4-6-16/h3-6,9-11H,7-8H2,1-2H3,(H,21,22). The second-order valence-electron chi connectivity index (χ2n) is 5.38. The summed E-state index contributed by atoms with van der Waals surface area (Å²) in [5, 5.41) is 3.21. The number of benzene rings is 2. The van der Waals surface area contributed by atoms with Gasteiger partial charge in [-0.1, -0.05) is 11.6 Å². The highest BCUT2D eigenvalue weighted by atomic mass is 35.5. The summed E-state index contributed by atoms with van der Waals surface area (Å²) in [5.41, 5.74) is 0.510. The molecule has 0 aliphatic heterocycles. The average molecular weight is 392 g/mol. The summed E-state index contributed by atoms with van der Waals surface area (Å²) >= 11 is 5.79. The van der Waals surface area contributed by atoms with Crippen molar-refractivity contribution < 1.29 is 28.6 Å². The SMILES string of the molecule is COC(=O)c1cc(NC(=O)CCOc2ccc(Cl)cc2)cc(C(=O)OC)c1. The van der Waals surface area contributed by atoms with Crippen LogP contribution in [0.15, 0.2) is 42.5 Å². The molecule has 1 N–H and O–H groups in total. The minimum absolute atomic E-state index is 0.0681. The van der Waals surface area contributed by atoms with E-state index in [9.17, 15) is 14.4 Å². The van der Waals surface area contributed by atoms with E-state index in [1.807, 2.05) is 0 Å². The molecule has 8 heteroatoms. The number of anilines is 1. The molecule has 0 spiro atoms. The summed E-state index contributed by atoms with van der Waals surface area (Å²) in [5.74, 6) is -1.03. The average Bonchev–Trinajstić information content (AvgIpc) is 2.67. The maximum absolute atomic E-state index is 12.1. The lowest BCUT2D eigenvalue weighted by molar-refractivity contribution is -0.116. The third-order valence-electron chi connectivity index (χ3n) is 3.47. The van der Waals surface area contributed by atoms with Crippen molar-refractivity contribution in [3.05, 3.63) is 58.6 Å². The molecule has 0 radical (unpaired) electrons. The van der Waals surface area contributed by atoms with Crippen LogP contribution in [-0.2, 0) is 14.3 Å². The normalized spacial score (nSPS) is 10.0. The molecule has 0 fully saturated rings. The minimum Gasteiger partial charge on any atom is -0.493 e. The molecule has 0 aliphatic rings. The molecule has 2 rings (SSSR count). The predicted octanol–water partition coefficient (Wildman–Crippen LogP) is 3.32. The molecule has 2 aromatic carbocycles. The maximum Gasteiger partial charge on any atom is 0.337 e. The summed E-state index contributed by atoms with van der Waals surface area (Å²) in [6.07, 6.45) is 0.0681. The lowest BCUT2D eigenvalue weighted by Gasteiger charge is -2.10. The molecule has 27 heavy (non-hydrogen) atoms. The minimum atomic E-state index is -0.637. The first-order valence-electron chi connectivity index (χ1n) is 7.93. The van der Waals surface area contributed by atoms with Gasteiger partial charge in [0.2, 0.25) is 5.91 Å². The van der Waals surface area contributed by atoms with Crippen LogP contribution in [0, 0.1) is 0 Å². The summed E-state index contributed by atoms with van der Waals surface area (Å²) in [4.78, 5) is 35.6. The zero-order chi connectivity index (χ0) is 19.8. The molecule has 0 aliphatic carbocycles. The van der Waals surface area contributed by atoms with E-state index in [4.69, 9.17) is 16.3 Å². The Bertz CT molecular complexity index is 800. The second kappa shape index (κ2) is 9.59. The first-order chi connectivity index (χ1) is 12.9. The third-order valence-corrected chi connectivity index (χ3v) is 3.72. The van der Waals surface area contributed by atoms with E-state index < -0.39 is 11.9 Å². The zero-order valence-corrected chi connectivity index (χ0v) is 15.5. The van der Waals surface area contributed by atoms with Gasteiger partial charge in [-0.3, -0.25) is 4.79 Å². The van der Waals surface area contributed by atoms with E-state index in [0.29, 0.717) is 10.8 Å². The van der Waals surface area contributed by atoms with E-state index in [-0.39, 0.29) is 35.7 Å². The van der Waals surface area contributed by atoms with Gasteiger partial charge in [0.25, 0.3) is 0 Å². The number of hydrogen-bond donors (Lipinski definition) is 1. The first kappa shape index (κ1) is 20.3. The van der Waals surface area contributed by atoms with Crippen LogP contribution in [0.3, 0.4) is 0 Å². The smallest absolute Gasteiger partial charge is 0.337 e. The summed E-state index contributed by atoms with van der Waals surface area (Å²) in [6, 6.07) is 10.9. The van der Waals surface area contributed by atoms with Crippen molar-refractivity contribution in [1.82, 2.24) is 0 Å². The second-order valence-corrected chi connectivity index (χ2v) is 5.82. The van der Waals surface area contributed by atoms with Crippen LogP contribution in [0.4, 0.5) is 5.69 Å². The number of amides is 1. The number of carbonyl (C=O) groups is 3. The number of nitrogens with one attached hydrogen (secondary N) is 1. The van der Waals surface area contributed by atoms with Crippen molar-refractivity contribution in [2.24, 2.45) is 0 Å². The van der Waals surface area contributed by atoms with Crippen molar-refractivity contribution >= 4 is 35.1 Å². The Kier molecular flexibility index (Phi) is 7.19. The number of carbonyl (C=O) groups excluding carboxylic acids is 3. The van der Waals surface area contributed by atoms with Gasteiger partial charge in [-0.15, -0.1) is 0 Å². The highest BCUT2D eigenvalue weighted by Gasteiger charge is 2.15. The van der Waals surface area contributed by atoms with Gasteiger partial charge in [-0.25, -0.2) is 9.59 Å². The lowest BCUT2D eigenvalue weighted by Crippen LogP contribution is -2.16. The lowest BCUT2D eigenvalue weighted by atomic mass is 10.1. The molecule has 0 bridgehead atoms. The first-order valence-corrected chi connectivity index (χ1v) is 8.30. The molecule has 0 aromatic heterocycles. The number of methoxy groups -OCH3 is 2. The van der Waals surface area contributed by atoms with Crippen LogP contribution < -0.4 is 10.1 Å². The van der Waals surface area contributed by atoms with Gasteiger partial charge in [-0.05, 0) is 42.5 Å². The molecule has 2 aromatic rings. The largest absolute Gasteiger partial charge is 0.493 e. The van der Waals surface area contributed by atoms with Gasteiger partial charge in [0, 0.05) is 10.7 Å². The summed E-state index contributed by atoms with van der Waals surface area (Å²) < 4.78 is 14.8. The van der Waals surface area contributed by atoms with Crippen LogP contribution in [0.1, 0.15) is 27.1 Å².